The number of methoxy groups -OCH3 is 2. The van der Waals surface area contributed by atoms with Crippen molar-refractivity contribution in [1.29, 1.82) is 5.26 Å². The maximum Gasteiger partial charge on any atom is 0.238 e. The molecule has 0 atom stereocenters. The Morgan fingerprint density at radius 1 is 0.771 bits per heavy atom. The molecule has 0 unspecified atom stereocenters. The molecule has 0 bridgehead atoms. The number of hydrogen-bond acceptors (Lipinski definition) is 5. The zero-order valence-corrected chi connectivity index (χ0v) is 19.4. The van der Waals surface area contributed by atoms with E-state index in [2.05, 4.69) is 29.3 Å². The molecule has 5 heteroatoms. The normalized spacial score (nSPS) is 11.0. The summed E-state index contributed by atoms with van der Waals surface area (Å²) in [6.07, 6.45) is 1.75. The standard InChI is InChI=1S/C30H22N2O3/c1-33-24-14-10-21(11-15-24)28-27(18-31)30(35-29(28)22-12-16-25(34-2)17-13-22)32-19-23-8-5-7-20-6-3-4-9-26(20)23/h3-17,19H,1-2H3/b32-19+. The van der Waals surface area contributed by atoms with Crippen molar-refractivity contribution >= 4 is 22.9 Å². The number of nitriles is 1. The molecular formula is C30H22N2O3. The van der Waals surface area contributed by atoms with E-state index in [1.807, 2.05) is 72.8 Å². The van der Waals surface area contributed by atoms with E-state index >= 15 is 0 Å². The van der Waals surface area contributed by atoms with Crippen LogP contribution in [0.2, 0.25) is 0 Å². The van der Waals surface area contributed by atoms with Crippen LogP contribution in [0.3, 0.4) is 0 Å². The first-order valence-corrected chi connectivity index (χ1v) is 11.1. The van der Waals surface area contributed by atoms with Crippen LogP contribution >= 0.6 is 0 Å². The van der Waals surface area contributed by atoms with E-state index < -0.39 is 0 Å². The van der Waals surface area contributed by atoms with Crippen molar-refractivity contribution in [3.05, 3.63) is 102 Å². The predicted molar refractivity (Wildman–Crippen MR) is 139 cm³/mol. The number of aliphatic imine (C=N–C) groups is 1. The van der Waals surface area contributed by atoms with Gasteiger partial charge >= 0.3 is 0 Å². The van der Waals surface area contributed by atoms with Gasteiger partial charge in [-0.25, -0.2) is 4.99 Å². The fraction of sp³-hybridized carbons (Fsp3) is 0.0667. The second kappa shape index (κ2) is 9.58. The zero-order valence-electron chi connectivity index (χ0n) is 19.4. The summed E-state index contributed by atoms with van der Waals surface area (Å²) >= 11 is 0. The highest BCUT2D eigenvalue weighted by Crippen LogP contribution is 2.43. The van der Waals surface area contributed by atoms with Crippen LogP contribution in [0.15, 0.2) is 100 Å². The number of furan rings is 1. The summed E-state index contributed by atoms with van der Waals surface area (Å²) in [7, 11) is 3.25. The summed E-state index contributed by atoms with van der Waals surface area (Å²) in [5.41, 5.74) is 3.66. The first-order chi connectivity index (χ1) is 17.2. The Hall–Kier alpha value is -4.82. The van der Waals surface area contributed by atoms with Gasteiger partial charge in [-0.15, -0.1) is 0 Å². The molecule has 0 aliphatic carbocycles. The highest BCUT2D eigenvalue weighted by atomic mass is 16.5. The number of ether oxygens (including phenoxy) is 2. The molecule has 1 aromatic heterocycles. The van der Waals surface area contributed by atoms with Crippen LogP contribution < -0.4 is 9.47 Å². The quantitative estimate of drug-likeness (QED) is 0.249. The van der Waals surface area contributed by atoms with E-state index in [0.29, 0.717) is 16.9 Å². The summed E-state index contributed by atoms with van der Waals surface area (Å²) in [6, 6.07) is 31.6. The largest absolute Gasteiger partial charge is 0.497 e. The molecule has 0 aliphatic heterocycles. The van der Waals surface area contributed by atoms with Gasteiger partial charge in [0.05, 0.1) is 14.2 Å². The van der Waals surface area contributed by atoms with Gasteiger partial charge in [0, 0.05) is 22.9 Å². The summed E-state index contributed by atoms with van der Waals surface area (Å²) < 4.78 is 16.9. The lowest BCUT2D eigenvalue weighted by molar-refractivity contribution is 0.414. The Morgan fingerprint density at radius 2 is 1.40 bits per heavy atom. The summed E-state index contributed by atoms with van der Waals surface area (Å²) in [5, 5.41) is 12.3. The van der Waals surface area contributed by atoms with Crippen LogP contribution in [0.25, 0.3) is 33.2 Å². The Labute approximate surface area is 203 Å². The zero-order chi connectivity index (χ0) is 24.2. The molecule has 0 N–H and O–H groups in total. The third kappa shape index (κ3) is 4.25. The molecule has 4 aromatic carbocycles. The fourth-order valence-corrected chi connectivity index (χ4v) is 4.08. The van der Waals surface area contributed by atoms with Crippen LogP contribution in [0.5, 0.6) is 11.5 Å². The van der Waals surface area contributed by atoms with Gasteiger partial charge < -0.3 is 13.9 Å². The van der Waals surface area contributed by atoms with Crippen molar-refractivity contribution in [2.24, 2.45) is 4.99 Å². The van der Waals surface area contributed by atoms with Gasteiger partial charge in [-0.3, -0.25) is 0 Å². The van der Waals surface area contributed by atoms with Crippen molar-refractivity contribution in [3.63, 3.8) is 0 Å². The number of benzene rings is 4. The monoisotopic (exact) mass is 458 g/mol. The average molecular weight is 459 g/mol. The predicted octanol–water partition coefficient (Wildman–Crippen LogP) is 7.41. The van der Waals surface area contributed by atoms with E-state index in [9.17, 15) is 5.26 Å². The Bertz CT molecular complexity index is 1550. The summed E-state index contributed by atoms with van der Waals surface area (Å²) in [6.45, 7) is 0. The van der Waals surface area contributed by atoms with Gasteiger partial charge in [-0.1, -0.05) is 54.6 Å². The van der Waals surface area contributed by atoms with E-state index in [4.69, 9.17) is 13.9 Å². The van der Waals surface area contributed by atoms with Gasteiger partial charge in [-0.05, 0) is 52.7 Å². The van der Waals surface area contributed by atoms with E-state index in [1.54, 1.807) is 20.4 Å². The molecule has 0 fully saturated rings. The molecule has 5 rings (SSSR count). The Balaban J connectivity index is 1.67. The van der Waals surface area contributed by atoms with Crippen LogP contribution in [0.1, 0.15) is 11.1 Å². The van der Waals surface area contributed by atoms with Gasteiger partial charge in [0.2, 0.25) is 5.88 Å². The number of rotatable bonds is 6. The van der Waals surface area contributed by atoms with Crippen LogP contribution in [0, 0.1) is 11.3 Å². The second-order valence-electron chi connectivity index (χ2n) is 7.88. The topological polar surface area (TPSA) is 67.8 Å². The van der Waals surface area contributed by atoms with Crippen molar-refractivity contribution < 1.29 is 13.9 Å². The summed E-state index contributed by atoms with van der Waals surface area (Å²) in [4.78, 5) is 4.63. The maximum atomic E-state index is 10.1. The molecule has 0 aliphatic rings. The SMILES string of the molecule is COc1ccc(-c2oc(/N=C/c3cccc4ccccc34)c(C#N)c2-c2ccc(OC)cc2)cc1. The number of fused-ring (bicyclic) bond motifs is 1. The first-order valence-electron chi connectivity index (χ1n) is 11.1. The number of hydrogen-bond donors (Lipinski definition) is 0. The van der Waals surface area contributed by atoms with Gasteiger partial charge in [0.15, 0.2) is 0 Å². The van der Waals surface area contributed by atoms with E-state index in [-0.39, 0.29) is 5.88 Å². The van der Waals surface area contributed by atoms with Gasteiger partial charge in [-0.2, -0.15) is 5.26 Å². The lowest BCUT2D eigenvalue weighted by atomic mass is 9.98. The Kier molecular flexibility index (Phi) is 6.02. The van der Waals surface area contributed by atoms with E-state index in [0.717, 1.165) is 39.0 Å². The van der Waals surface area contributed by atoms with E-state index in [1.165, 1.54) is 0 Å². The smallest absolute Gasteiger partial charge is 0.238 e. The highest BCUT2D eigenvalue weighted by Gasteiger charge is 2.23. The molecule has 0 radical (unpaired) electrons. The lowest BCUT2D eigenvalue weighted by Gasteiger charge is -2.06. The molecule has 5 nitrogen and oxygen atoms in total. The summed E-state index contributed by atoms with van der Waals surface area (Å²) in [5.74, 6) is 2.30. The molecule has 0 amide bonds. The fourth-order valence-electron chi connectivity index (χ4n) is 4.08. The van der Waals surface area contributed by atoms with Crippen molar-refractivity contribution in [2.75, 3.05) is 14.2 Å². The van der Waals surface area contributed by atoms with Crippen molar-refractivity contribution in [1.82, 2.24) is 0 Å². The highest BCUT2D eigenvalue weighted by molar-refractivity contribution is 6.00. The third-order valence-electron chi connectivity index (χ3n) is 5.88. The molecule has 170 valence electrons. The van der Waals surface area contributed by atoms with Crippen LogP contribution in [-0.4, -0.2) is 20.4 Å². The Morgan fingerprint density at radius 3 is 2.06 bits per heavy atom. The third-order valence-corrected chi connectivity index (χ3v) is 5.88. The minimum Gasteiger partial charge on any atom is -0.497 e. The van der Waals surface area contributed by atoms with Gasteiger partial charge in [0.1, 0.15) is 28.9 Å². The van der Waals surface area contributed by atoms with Crippen molar-refractivity contribution in [3.8, 4) is 40.0 Å². The van der Waals surface area contributed by atoms with Crippen molar-refractivity contribution in [2.45, 2.75) is 0 Å². The molecule has 1 heterocycles. The number of nitrogens with zero attached hydrogens (tertiary/aromatic N) is 2. The molecule has 0 saturated carbocycles. The minimum atomic E-state index is 0.261. The molecular weight excluding hydrogens is 436 g/mol. The lowest BCUT2D eigenvalue weighted by Crippen LogP contribution is -1.87. The van der Waals surface area contributed by atoms with Gasteiger partial charge in [0.25, 0.3) is 0 Å². The molecule has 35 heavy (non-hydrogen) atoms. The molecule has 5 aromatic rings. The molecule has 0 spiro atoms. The average Bonchev–Trinajstić information content (AvgIpc) is 3.30. The van der Waals surface area contributed by atoms with Crippen LogP contribution in [0.4, 0.5) is 5.88 Å². The molecule has 0 saturated heterocycles. The second-order valence-corrected chi connectivity index (χ2v) is 7.88. The minimum absolute atomic E-state index is 0.261. The van der Waals surface area contributed by atoms with Crippen LogP contribution in [-0.2, 0) is 0 Å². The maximum absolute atomic E-state index is 10.1. The first kappa shape index (κ1) is 22.0.